The van der Waals surface area contributed by atoms with Gasteiger partial charge < -0.3 is 16.4 Å². The fourth-order valence-corrected chi connectivity index (χ4v) is 3.55. The topological polar surface area (TPSA) is 89.4 Å². The van der Waals surface area contributed by atoms with E-state index in [0.29, 0.717) is 17.1 Å². The van der Waals surface area contributed by atoms with Crippen LogP contribution in [0, 0.1) is 0 Å². The second-order valence-corrected chi connectivity index (χ2v) is 6.24. The molecule has 0 saturated heterocycles. The second kappa shape index (κ2) is 5.80. The van der Waals surface area contributed by atoms with Gasteiger partial charge in [-0.05, 0) is 19.1 Å². The number of rotatable bonds is 4. The van der Waals surface area contributed by atoms with Crippen molar-refractivity contribution in [2.45, 2.75) is 6.92 Å². The summed E-state index contributed by atoms with van der Waals surface area (Å²) in [6, 6.07) is 5.66. The van der Waals surface area contributed by atoms with Crippen molar-refractivity contribution in [1.82, 2.24) is 4.90 Å². The Morgan fingerprint density at radius 1 is 1.40 bits per heavy atom. The summed E-state index contributed by atoms with van der Waals surface area (Å²) in [5, 5.41) is 0.844. The Hall–Kier alpha value is -1.60. The van der Waals surface area contributed by atoms with Crippen LogP contribution in [0.3, 0.4) is 0 Å². The molecule has 4 N–H and O–H groups in total. The molecule has 2 amide bonds. The molecule has 1 aromatic carbocycles. The van der Waals surface area contributed by atoms with Crippen LogP contribution >= 0.6 is 27.3 Å². The Morgan fingerprint density at radius 2 is 2.10 bits per heavy atom. The number of carbonyl (C=O) groups is 2. The van der Waals surface area contributed by atoms with Crippen molar-refractivity contribution in [3.05, 3.63) is 27.5 Å². The maximum Gasteiger partial charge on any atom is 0.266 e. The Balaban J connectivity index is 2.43. The number of likely N-dealkylation sites (N-methyl/N-ethyl adjacent to an activating group) is 1. The third-order valence-electron chi connectivity index (χ3n) is 2.90. The van der Waals surface area contributed by atoms with E-state index in [2.05, 4.69) is 15.9 Å². The number of nitrogens with zero attached hydrogens (tertiary/aromatic N) is 1. The maximum atomic E-state index is 12.4. The lowest BCUT2D eigenvalue weighted by molar-refractivity contribution is -0.118. The standard InChI is InChI=1S/C13H14BrN3O2S/c1-2-17(6-10(15)18)13(19)12-11(16)8-4-3-7(14)5-9(8)20-12/h3-5H,2,6,16H2,1H3,(H2,15,18). The van der Waals surface area contributed by atoms with Gasteiger partial charge in [0.15, 0.2) is 0 Å². The highest BCUT2D eigenvalue weighted by Gasteiger charge is 2.22. The third kappa shape index (κ3) is 2.78. The van der Waals surface area contributed by atoms with Crippen molar-refractivity contribution in [3.63, 3.8) is 0 Å². The van der Waals surface area contributed by atoms with Crippen molar-refractivity contribution < 1.29 is 9.59 Å². The van der Waals surface area contributed by atoms with Gasteiger partial charge in [0.25, 0.3) is 5.91 Å². The van der Waals surface area contributed by atoms with E-state index in [0.717, 1.165) is 14.6 Å². The third-order valence-corrected chi connectivity index (χ3v) is 4.55. The summed E-state index contributed by atoms with van der Waals surface area (Å²) in [7, 11) is 0. The van der Waals surface area contributed by atoms with E-state index in [1.165, 1.54) is 16.2 Å². The normalized spacial score (nSPS) is 10.7. The van der Waals surface area contributed by atoms with Gasteiger partial charge in [0.1, 0.15) is 4.88 Å². The van der Waals surface area contributed by atoms with Gasteiger partial charge in [-0.1, -0.05) is 22.0 Å². The Morgan fingerprint density at radius 3 is 2.70 bits per heavy atom. The number of thiophene rings is 1. The summed E-state index contributed by atoms with van der Waals surface area (Å²) in [4.78, 5) is 25.3. The minimum atomic E-state index is -0.539. The first-order chi connectivity index (χ1) is 9.43. The molecule has 2 aromatic rings. The number of amides is 2. The smallest absolute Gasteiger partial charge is 0.266 e. The van der Waals surface area contributed by atoms with E-state index in [4.69, 9.17) is 11.5 Å². The van der Waals surface area contributed by atoms with Crippen molar-refractivity contribution in [2.24, 2.45) is 5.73 Å². The Kier molecular flexibility index (Phi) is 4.29. The fourth-order valence-electron chi connectivity index (χ4n) is 1.91. The van der Waals surface area contributed by atoms with Crippen LogP contribution in [0.1, 0.15) is 16.6 Å². The summed E-state index contributed by atoms with van der Waals surface area (Å²) in [5.74, 6) is -0.802. The van der Waals surface area contributed by atoms with Crippen LogP contribution in [0.5, 0.6) is 0 Å². The molecule has 1 aromatic heterocycles. The number of fused-ring (bicyclic) bond motifs is 1. The van der Waals surface area contributed by atoms with Crippen LogP contribution in [0.25, 0.3) is 10.1 Å². The zero-order chi connectivity index (χ0) is 14.9. The first-order valence-electron chi connectivity index (χ1n) is 5.99. The molecule has 0 fully saturated rings. The number of carbonyl (C=O) groups excluding carboxylic acids is 2. The highest BCUT2D eigenvalue weighted by Crippen LogP contribution is 2.35. The lowest BCUT2D eigenvalue weighted by Gasteiger charge is -2.18. The van der Waals surface area contributed by atoms with E-state index in [1.54, 1.807) is 6.92 Å². The molecule has 20 heavy (non-hydrogen) atoms. The molecular weight excluding hydrogens is 342 g/mol. The second-order valence-electron chi connectivity index (χ2n) is 4.27. The van der Waals surface area contributed by atoms with E-state index < -0.39 is 5.91 Å². The first kappa shape index (κ1) is 14.8. The lowest BCUT2D eigenvalue weighted by atomic mass is 10.2. The zero-order valence-corrected chi connectivity index (χ0v) is 13.3. The summed E-state index contributed by atoms with van der Waals surface area (Å²) < 4.78 is 1.85. The van der Waals surface area contributed by atoms with Crippen LogP contribution in [-0.4, -0.2) is 29.8 Å². The quantitative estimate of drug-likeness (QED) is 0.880. The lowest BCUT2D eigenvalue weighted by Crippen LogP contribution is -2.38. The van der Waals surface area contributed by atoms with Crippen LogP contribution in [0.15, 0.2) is 22.7 Å². The van der Waals surface area contributed by atoms with Gasteiger partial charge in [0, 0.05) is 21.1 Å². The number of benzene rings is 1. The monoisotopic (exact) mass is 355 g/mol. The molecule has 106 valence electrons. The molecule has 0 bridgehead atoms. The van der Waals surface area contributed by atoms with E-state index >= 15 is 0 Å². The molecule has 0 saturated carbocycles. The van der Waals surface area contributed by atoms with Gasteiger partial charge in [0.2, 0.25) is 5.91 Å². The van der Waals surface area contributed by atoms with Gasteiger partial charge in [0.05, 0.1) is 12.2 Å². The van der Waals surface area contributed by atoms with Crippen molar-refractivity contribution in [3.8, 4) is 0 Å². The Bertz CT molecular complexity index is 684. The highest BCUT2D eigenvalue weighted by molar-refractivity contribution is 9.10. The number of hydrogen-bond donors (Lipinski definition) is 2. The SMILES string of the molecule is CCN(CC(N)=O)C(=O)c1sc2cc(Br)ccc2c1N. The summed E-state index contributed by atoms with van der Waals surface area (Å²) in [6.45, 7) is 2.09. The number of nitrogens with two attached hydrogens (primary N) is 2. The number of nitrogen functional groups attached to an aromatic ring is 1. The average molecular weight is 356 g/mol. The highest BCUT2D eigenvalue weighted by atomic mass is 79.9. The number of anilines is 1. The molecule has 5 nitrogen and oxygen atoms in total. The van der Waals surface area contributed by atoms with E-state index in [9.17, 15) is 9.59 Å². The number of hydrogen-bond acceptors (Lipinski definition) is 4. The zero-order valence-electron chi connectivity index (χ0n) is 10.9. The van der Waals surface area contributed by atoms with Crippen LogP contribution in [0.2, 0.25) is 0 Å². The summed E-state index contributed by atoms with van der Waals surface area (Å²) >= 11 is 4.71. The van der Waals surface area contributed by atoms with Gasteiger partial charge in [-0.2, -0.15) is 0 Å². The average Bonchev–Trinajstić information content (AvgIpc) is 2.71. The van der Waals surface area contributed by atoms with Crippen molar-refractivity contribution in [2.75, 3.05) is 18.8 Å². The molecule has 0 aliphatic carbocycles. The molecule has 0 spiro atoms. The first-order valence-corrected chi connectivity index (χ1v) is 7.60. The molecule has 2 rings (SSSR count). The largest absolute Gasteiger partial charge is 0.397 e. The molecule has 0 aliphatic rings. The van der Waals surface area contributed by atoms with Crippen LogP contribution in [0.4, 0.5) is 5.69 Å². The molecule has 7 heteroatoms. The number of halogens is 1. The summed E-state index contributed by atoms with van der Waals surface area (Å²) in [6.07, 6.45) is 0. The molecule has 0 aliphatic heterocycles. The van der Waals surface area contributed by atoms with E-state index in [1.807, 2.05) is 18.2 Å². The van der Waals surface area contributed by atoms with Crippen LogP contribution < -0.4 is 11.5 Å². The predicted octanol–water partition coefficient (Wildman–Crippen LogP) is 2.19. The molecular formula is C13H14BrN3O2S. The van der Waals surface area contributed by atoms with Gasteiger partial charge in [-0.15, -0.1) is 11.3 Å². The molecule has 0 atom stereocenters. The maximum absolute atomic E-state index is 12.4. The van der Waals surface area contributed by atoms with Gasteiger partial charge in [-0.3, -0.25) is 9.59 Å². The fraction of sp³-hybridized carbons (Fsp3) is 0.231. The Labute approximate surface area is 128 Å². The predicted molar refractivity (Wildman–Crippen MR) is 84.7 cm³/mol. The minimum absolute atomic E-state index is 0.104. The van der Waals surface area contributed by atoms with Crippen LogP contribution in [-0.2, 0) is 4.79 Å². The molecule has 0 radical (unpaired) electrons. The van der Waals surface area contributed by atoms with Crippen molar-refractivity contribution in [1.29, 1.82) is 0 Å². The van der Waals surface area contributed by atoms with Gasteiger partial charge in [-0.25, -0.2) is 0 Å². The van der Waals surface area contributed by atoms with E-state index in [-0.39, 0.29) is 12.5 Å². The van der Waals surface area contributed by atoms with Gasteiger partial charge >= 0.3 is 0 Å². The molecule has 1 heterocycles. The number of primary amides is 1. The molecule has 0 unspecified atom stereocenters. The summed E-state index contributed by atoms with van der Waals surface area (Å²) in [5.41, 5.74) is 11.6. The van der Waals surface area contributed by atoms with Crippen molar-refractivity contribution >= 4 is 54.9 Å². The minimum Gasteiger partial charge on any atom is -0.397 e.